The molecule has 1 aromatic rings. The topological polar surface area (TPSA) is 54.4 Å². The molecule has 88 valence electrons. The van der Waals surface area contributed by atoms with Gasteiger partial charge in [-0.05, 0) is 18.2 Å². The molecule has 0 amide bonds. The lowest BCUT2D eigenvalue weighted by Gasteiger charge is -1.97. The zero-order valence-electron chi connectivity index (χ0n) is 9.40. The second-order valence-electron chi connectivity index (χ2n) is 3.28. The molecule has 0 fully saturated rings. The molecule has 0 aliphatic heterocycles. The van der Waals surface area contributed by atoms with Gasteiger partial charge in [-0.2, -0.15) is 0 Å². The summed E-state index contributed by atoms with van der Waals surface area (Å²) in [6, 6.07) is 4.47. The van der Waals surface area contributed by atoms with Crippen LogP contribution in [0.3, 0.4) is 0 Å². The Hall–Kier alpha value is -1.73. The molecular weight excluding hydrogens is 236 g/mol. The summed E-state index contributed by atoms with van der Waals surface area (Å²) < 4.78 is 0. The van der Waals surface area contributed by atoms with Crippen molar-refractivity contribution in [2.45, 2.75) is 13.3 Å². The number of carbonyl (C=O) groups is 2. The van der Waals surface area contributed by atoms with Gasteiger partial charge in [0.15, 0.2) is 11.4 Å². The molecule has 1 rings (SSSR count). The minimum absolute atomic E-state index is 0.0461. The number of benzene rings is 1. The Morgan fingerprint density at radius 3 is 2.94 bits per heavy atom. The SMILES string of the molecule is CC(=O)SCCC#Cc1ccc(O)cc1C=O. The minimum Gasteiger partial charge on any atom is -0.508 e. The third kappa shape index (κ3) is 4.75. The number of rotatable bonds is 3. The van der Waals surface area contributed by atoms with Crippen LogP contribution < -0.4 is 0 Å². The Kier molecular flexibility index (Phi) is 5.31. The average Bonchev–Trinajstić information content (AvgIpc) is 2.29. The smallest absolute Gasteiger partial charge is 0.185 e. The standard InChI is InChI=1S/C13H12O3S/c1-10(15)17-7-3-2-4-11-5-6-13(16)8-12(11)9-14/h5-6,8-9,16H,3,7H2,1H3. The van der Waals surface area contributed by atoms with E-state index in [-0.39, 0.29) is 10.9 Å². The summed E-state index contributed by atoms with van der Waals surface area (Å²) in [5, 5.41) is 9.27. The number of hydrogen-bond acceptors (Lipinski definition) is 4. The van der Waals surface area contributed by atoms with E-state index in [4.69, 9.17) is 0 Å². The third-order valence-corrected chi connectivity index (χ3v) is 2.73. The lowest BCUT2D eigenvalue weighted by atomic mass is 10.1. The number of carbonyl (C=O) groups excluding carboxylic acids is 2. The van der Waals surface area contributed by atoms with Crippen molar-refractivity contribution in [1.29, 1.82) is 0 Å². The highest BCUT2D eigenvalue weighted by Crippen LogP contribution is 2.14. The highest BCUT2D eigenvalue weighted by Gasteiger charge is 1.99. The molecule has 17 heavy (non-hydrogen) atoms. The first-order chi connectivity index (χ1) is 8.13. The first kappa shape index (κ1) is 13.3. The van der Waals surface area contributed by atoms with Gasteiger partial charge in [-0.15, -0.1) is 0 Å². The van der Waals surface area contributed by atoms with Crippen LogP contribution in [0.2, 0.25) is 0 Å². The minimum atomic E-state index is 0.0461. The van der Waals surface area contributed by atoms with Gasteiger partial charge < -0.3 is 5.11 Å². The third-order valence-electron chi connectivity index (χ3n) is 1.92. The maximum Gasteiger partial charge on any atom is 0.185 e. The number of aromatic hydroxyl groups is 1. The van der Waals surface area contributed by atoms with Crippen LogP contribution in [-0.4, -0.2) is 22.3 Å². The van der Waals surface area contributed by atoms with E-state index < -0.39 is 0 Å². The van der Waals surface area contributed by atoms with Crippen LogP contribution >= 0.6 is 11.8 Å². The van der Waals surface area contributed by atoms with Crippen molar-refractivity contribution in [3.8, 4) is 17.6 Å². The van der Waals surface area contributed by atoms with Crippen molar-refractivity contribution in [2.24, 2.45) is 0 Å². The Morgan fingerprint density at radius 1 is 1.53 bits per heavy atom. The van der Waals surface area contributed by atoms with Gasteiger partial charge in [0.25, 0.3) is 0 Å². The van der Waals surface area contributed by atoms with E-state index in [0.717, 1.165) is 0 Å². The molecule has 4 heteroatoms. The molecular formula is C13H12O3S. The lowest BCUT2D eigenvalue weighted by Crippen LogP contribution is -1.87. The fraction of sp³-hybridized carbons (Fsp3) is 0.231. The van der Waals surface area contributed by atoms with Gasteiger partial charge in [0.05, 0.1) is 0 Å². The molecule has 0 heterocycles. The van der Waals surface area contributed by atoms with Crippen LogP contribution in [-0.2, 0) is 4.79 Å². The molecule has 1 aromatic carbocycles. The van der Waals surface area contributed by atoms with Crippen molar-refractivity contribution >= 4 is 23.2 Å². The highest BCUT2D eigenvalue weighted by molar-refractivity contribution is 8.13. The molecule has 0 saturated heterocycles. The van der Waals surface area contributed by atoms with E-state index in [0.29, 0.717) is 29.6 Å². The first-order valence-electron chi connectivity index (χ1n) is 5.04. The van der Waals surface area contributed by atoms with Gasteiger partial charge in [0, 0.05) is 30.2 Å². The van der Waals surface area contributed by atoms with E-state index in [2.05, 4.69) is 11.8 Å². The molecule has 3 nitrogen and oxygen atoms in total. The van der Waals surface area contributed by atoms with Crippen LogP contribution in [0.25, 0.3) is 0 Å². The normalized spacial score (nSPS) is 9.24. The van der Waals surface area contributed by atoms with Crippen molar-refractivity contribution in [3.63, 3.8) is 0 Å². The lowest BCUT2D eigenvalue weighted by molar-refractivity contribution is -0.109. The van der Waals surface area contributed by atoms with Crippen molar-refractivity contribution in [2.75, 3.05) is 5.75 Å². The molecule has 0 unspecified atom stereocenters. The summed E-state index contributed by atoms with van der Waals surface area (Å²) in [6.07, 6.45) is 1.25. The van der Waals surface area contributed by atoms with E-state index in [9.17, 15) is 14.7 Å². The number of phenols is 1. The molecule has 0 aliphatic carbocycles. The largest absolute Gasteiger partial charge is 0.508 e. The molecule has 0 aliphatic rings. The van der Waals surface area contributed by atoms with Gasteiger partial charge in [-0.25, -0.2) is 0 Å². The predicted molar refractivity (Wildman–Crippen MR) is 68.1 cm³/mol. The molecule has 0 aromatic heterocycles. The van der Waals surface area contributed by atoms with Crippen LogP contribution in [0, 0.1) is 11.8 Å². The number of phenolic OH excluding ortho intramolecular Hbond substituents is 1. The van der Waals surface area contributed by atoms with E-state index in [1.54, 1.807) is 6.07 Å². The molecule has 0 radical (unpaired) electrons. The monoisotopic (exact) mass is 248 g/mol. The molecule has 0 atom stereocenters. The summed E-state index contributed by atoms with van der Waals surface area (Å²) in [5.41, 5.74) is 0.961. The van der Waals surface area contributed by atoms with E-state index in [1.165, 1.54) is 30.8 Å². The maximum absolute atomic E-state index is 10.7. The molecule has 0 bridgehead atoms. The maximum atomic E-state index is 10.7. The number of aldehydes is 1. The zero-order chi connectivity index (χ0) is 12.7. The van der Waals surface area contributed by atoms with E-state index >= 15 is 0 Å². The summed E-state index contributed by atoms with van der Waals surface area (Å²) >= 11 is 1.23. The summed E-state index contributed by atoms with van der Waals surface area (Å²) in [6.45, 7) is 1.52. The van der Waals surface area contributed by atoms with Gasteiger partial charge in [-0.3, -0.25) is 9.59 Å². The fourth-order valence-corrected chi connectivity index (χ4v) is 1.66. The quantitative estimate of drug-likeness (QED) is 0.506. The Bertz CT molecular complexity index is 483. The first-order valence-corrected chi connectivity index (χ1v) is 6.02. The molecule has 0 saturated carbocycles. The van der Waals surface area contributed by atoms with Gasteiger partial charge in [0.2, 0.25) is 0 Å². The van der Waals surface area contributed by atoms with Gasteiger partial charge in [0.1, 0.15) is 5.75 Å². The van der Waals surface area contributed by atoms with Crippen LogP contribution in [0.4, 0.5) is 0 Å². The second kappa shape index (κ2) is 6.77. The van der Waals surface area contributed by atoms with Crippen molar-refractivity contribution in [1.82, 2.24) is 0 Å². The van der Waals surface area contributed by atoms with Crippen molar-refractivity contribution in [3.05, 3.63) is 29.3 Å². The van der Waals surface area contributed by atoms with Crippen LogP contribution in [0.1, 0.15) is 29.3 Å². The van der Waals surface area contributed by atoms with Crippen LogP contribution in [0.15, 0.2) is 18.2 Å². The number of hydrogen-bond donors (Lipinski definition) is 1. The Labute approximate surface area is 104 Å². The summed E-state index contributed by atoms with van der Waals surface area (Å²) in [4.78, 5) is 21.4. The van der Waals surface area contributed by atoms with Crippen molar-refractivity contribution < 1.29 is 14.7 Å². The zero-order valence-corrected chi connectivity index (χ0v) is 10.2. The Balaban J connectivity index is 2.65. The summed E-state index contributed by atoms with van der Waals surface area (Å²) in [5.74, 6) is 6.43. The fourth-order valence-electron chi connectivity index (χ4n) is 1.16. The van der Waals surface area contributed by atoms with E-state index in [1.807, 2.05) is 0 Å². The average molecular weight is 248 g/mol. The van der Waals surface area contributed by atoms with Gasteiger partial charge in [-0.1, -0.05) is 23.6 Å². The second-order valence-corrected chi connectivity index (χ2v) is 4.55. The predicted octanol–water partition coefficient (Wildman–Crippen LogP) is 2.23. The number of thioether (sulfide) groups is 1. The van der Waals surface area contributed by atoms with Gasteiger partial charge >= 0.3 is 0 Å². The van der Waals surface area contributed by atoms with Crippen LogP contribution in [0.5, 0.6) is 5.75 Å². The highest BCUT2D eigenvalue weighted by atomic mass is 32.2. The molecule has 0 spiro atoms. The Morgan fingerprint density at radius 2 is 2.29 bits per heavy atom. The molecule has 1 N–H and O–H groups in total. The summed E-state index contributed by atoms with van der Waals surface area (Å²) in [7, 11) is 0.